The van der Waals surface area contributed by atoms with Crippen molar-refractivity contribution in [1.29, 1.82) is 5.41 Å². The van der Waals surface area contributed by atoms with Crippen LogP contribution >= 0.6 is 0 Å². The van der Waals surface area contributed by atoms with Crippen molar-refractivity contribution in [3.63, 3.8) is 0 Å². The standard InChI is InChI=1S/C62H46N6/c1-67(62(45-28-12-5-13-29-45)66-61(64)44-26-10-4-11-27-44)59-51(48-31-16-19-35-54(48)63)38-39-52-50-33-17-20-36-57(50)68(60(52)59)58-37-21-18-34-53(58)56-41-46(42-22-6-2-7-23-42)40-55(65-56)49-32-15-14-30-47(49)43-24-8-3-9-25-43/h2-41,64H,63H2,1H3/b64-61?,66-62-. The Bertz CT molecular complexity index is 3650. The van der Waals surface area contributed by atoms with E-state index in [2.05, 4.69) is 180 Å². The molecular weight excluding hydrogens is 829 g/mol. The highest BCUT2D eigenvalue weighted by Crippen LogP contribution is 2.46. The zero-order valence-corrected chi connectivity index (χ0v) is 37.5. The zero-order valence-electron chi connectivity index (χ0n) is 37.5. The van der Waals surface area contributed by atoms with Crippen LogP contribution in [0.3, 0.4) is 0 Å². The molecule has 0 bridgehead atoms. The summed E-state index contributed by atoms with van der Waals surface area (Å²) in [5.74, 6) is 0.774. The summed E-state index contributed by atoms with van der Waals surface area (Å²) in [5, 5.41) is 11.5. The smallest absolute Gasteiger partial charge is 0.154 e. The minimum atomic E-state index is 0.157. The molecule has 0 amide bonds. The fraction of sp³-hybridized carbons (Fsp3) is 0.0161. The molecule has 6 heteroatoms. The highest BCUT2D eigenvalue weighted by atomic mass is 15.2. The molecule has 68 heavy (non-hydrogen) atoms. The van der Waals surface area contributed by atoms with Crippen LogP contribution in [0.1, 0.15) is 11.1 Å². The van der Waals surface area contributed by atoms with Gasteiger partial charge in [0.25, 0.3) is 0 Å². The summed E-state index contributed by atoms with van der Waals surface area (Å²) < 4.78 is 2.38. The van der Waals surface area contributed by atoms with Crippen molar-refractivity contribution >= 4 is 44.9 Å². The van der Waals surface area contributed by atoms with Gasteiger partial charge in [0, 0.05) is 56.9 Å². The van der Waals surface area contributed by atoms with Gasteiger partial charge in [-0.2, -0.15) is 0 Å². The zero-order chi connectivity index (χ0) is 46.0. The maximum Gasteiger partial charge on any atom is 0.154 e. The van der Waals surface area contributed by atoms with E-state index in [9.17, 15) is 5.41 Å². The average molecular weight is 875 g/mol. The Morgan fingerprint density at radius 2 is 1.00 bits per heavy atom. The third-order valence-corrected chi connectivity index (χ3v) is 12.7. The van der Waals surface area contributed by atoms with Gasteiger partial charge in [0.05, 0.1) is 33.8 Å². The van der Waals surface area contributed by atoms with Crippen LogP contribution in [0.15, 0.2) is 248 Å². The summed E-state index contributed by atoms with van der Waals surface area (Å²) in [4.78, 5) is 12.9. The fourth-order valence-electron chi connectivity index (χ4n) is 9.45. The van der Waals surface area contributed by atoms with Crippen molar-refractivity contribution in [3.8, 4) is 61.6 Å². The summed E-state index contributed by atoms with van der Waals surface area (Å²) in [6, 6.07) is 83.4. The van der Waals surface area contributed by atoms with Gasteiger partial charge >= 0.3 is 0 Å². The number of fused-ring (bicyclic) bond motifs is 3. The molecule has 0 unspecified atom stereocenters. The van der Waals surface area contributed by atoms with E-state index in [0.29, 0.717) is 11.5 Å². The summed E-state index contributed by atoms with van der Waals surface area (Å²) >= 11 is 0. The third-order valence-electron chi connectivity index (χ3n) is 12.7. The predicted molar refractivity (Wildman–Crippen MR) is 285 cm³/mol. The first kappa shape index (κ1) is 41.6. The molecule has 3 N–H and O–H groups in total. The number of nitrogens with one attached hydrogen (secondary N) is 1. The number of para-hydroxylation sites is 3. The maximum absolute atomic E-state index is 9.34. The minimum absolute atomic E-state index is 0.157. The topological polar surface area (TPSA) is 83.3 Å². The molecule has 0 saturated carbocycles. The van der Waals surface area contributed by atoms with E-state index in [1.807, 2.05) is 78.9 Å². The molecule has 2 aromatic heterocycles. The van der Waals surface area contributed by atoms with Crippen LogP contribution < -0.4 is 10.6 Å². The van der Waals surface area contributed by atoms with E-state index in [1.165, 1.54) is 0 Å². The first-order valence-corrected chi connectivity index (χ1v) is 22.8. The van der Waals surface area contributed by atoms with Crippen molar-refractivity contribution in [1.82, 2.24) is 9.55 Å². The molecule has 9 aromatic carbocycles. The lowest BCUT2D eigenvalue weighted by molar-refractivity contribution is 1.16. The highest BCUT2D eigenvalue weighted by Gasteiger charge is 2.27. The molecule has 0 atom stereocenters. The van der Waals surface area contributed by atoms with Crippen LogP contribution in [0, 0.1) is 5.41 Å². The number of benzene rings is 9. The second kappa shape index (κ2) is 18.0. The molecule has 2 heterocycles. The maximum atomic E-state index is 9.34. The number of aromatic nitrogens is 2. The average Bonchev–Trinajstić information content (AvgIpc) is 3.75. The molecule has 324 valence electrons. The van der Waals surface area contributed by atoms with Gasteiger partial charge in [-0.1, -0.05) is 212 Å². The SMILES string of the molecule is CN(/C(=N\C(=N)c1ccccc1)c1ccccc1)c1c(-c2ccccc2N)ccc2c3ccccc3n(-c3ccccc3-c3cc(-c4ccccc4)cc(-c4ccccc4-c4ccccc4)n3)c12. The van der Waals surface area contributed by atoms with Crippen molar-refractivity contribution in [2.75, 3.05) is 17.7 Å². The van der Waals surface area contributed by atoms with Gasteiger partial charge in [0.2, 0.25) is 0 Å². The van der Waals surface area contributed by atoms with Crippen LogP contribution in [0.2, 0.25) is 0 Å². The molecule has 0 saturated heterocycles. The van der Waals surface area contributed by atoms with Gasteiger partial charge < -0.3 is 15.2 Å². The summed E-state index contributed by atoms with van der Waals surface area (Å²) in [7, 11) is 2.05. The molecule has 11 aromatic rings. The third kappa shape index (κ3) is 7.70. The van der Waals surface area contributed by atoms with Crippen LogP contribution in [-0.2, 0) is 0 Å². The van der Waals surface area contributed by atoms with Crippen LogP contribution in [0.5, 0.6) is 0 Å². The van der Waals surface area contributed by atoms with Crippen LogP contribution in [-0.4, -0.2) is 28.3 Å². The Hall–Kier alpha value is -9.13. The quantitative estimate of drug-likeness (QED) is 0.0861. The van der Waals surface area contributed by atoms with E-state index in [1.54, 1.807) is 0 Å². The van der Waals surface area contributed by atoms with E-state index >= 15 is 0 Å². The molecule has 0 aliphatic carbocycles. The number of anilines is 2. The lowest BCUT2D eigenvalue weighted by Gasteiger charge is -2.27. The monoisotopic (exact) mass is 874 g/mol. The van der Waals surface area contributed by atoms with Gasteiger partial charge in [-0.05, 0) is 52.6 Å². The van der Waals surface area contributed by atoms with E-state index in [4.69, 9.17) is 15.7 Å². The molecule has 6 nitrogen and oxygen atoms in total. The number of hydrogen-bond acceptors (Lipinski definition) is 3. The van der Waals surface area contributed by atoms with Gasteiger partial charge in [0.15, 0.2) is 5.84 Å². The van der Waals surface area contributed by atoms with Gasteiger partial charge in [-0.25, -0.2) is 9.98 Å². The normalized spacial score (nSPS) is 11.5. The molecule has 0 radical (unpaired) electrons. The van der Waals surface area contributed by atoms with Gasteiger partial charge in [-0.3, -0.25) is 5.41 Å². The Morgan fingerprint density at radius 1 is 0.471 bits per heavy atom. The Labute approximate surface area is 396 Å². The van der Waals surface area contributed by atoms with Crippen molar-refractivity contribution in [3.05, 3.63) is 254 Å². The minimum Gasteiger partial charge on any atom is -0.398 e. The summed E-state index contributed by atoms with van der Waals surface area (Å²) in [5.41, 5.74) is 23.0. The highest BCUT2D eigenvalue weighted by molar-refractivity contribution is 6.23. The van der Waals surface area contributed by atoms with Gasteiger partial charge in [-0.15, -0.1) is 0 Å². The predicted octanol–water partition coefficient (Wildman–Crippen LogP) is 15.0. The lowest BCUT2D eigenvalue weighted by Crippen LogP contribution is -2.29. The number of hydrogen-bond donors (Lipinski definition) is 2. The largest absolute Gasteiger partial charge is 0.398 e. The van der Waals surface area contributed by atoms with Crippen molar-refractivity contribution in [2.24, 2.45) is 4.99 Å². The fourth-order valence-corrected chi connectivity index (χ4v) is 9.45. The molecule has 0 aliphatic rings. The number of nitrogens with zero attached hydrogens (tertiary/aromatic N) is 4. The number of aliphatic imine (C=N–C) groups is 1. The first-order chi connectivity index (χ1) is 33.5. The number of nitrogen functional groups attached to an aromatic ring is 1. The van der Waals surface area contributed by atoms with Crippen molar-refractivity contribution < 1.29 is 0 Å². The Balaban J connectivity index is 1.21. The van der Waals surface area contributed by atoms with Crippen LogP contribution in [0.4, 0.5) is 11.4 Å². The molecule has 11 rings (SSSR count). The number of rotatable bonds is 9. The number of nitrogens with two attached hydrogens (primary N) is 1. The van der Waals surface area contributed by atoms with E-state index < -0.39 is 0 Å². The lowest BCUT2D eigenvalue weighted by atomic mass is 9.94. The molecule has 0 spiro atoms. The Kier molecular flexibility index (Phi) is 11.0. The molecular formula is C62H46N6. The Morgan fingerprint density at radius 3 is 1.69 bits per heavy atom. The van der Waals surface area contributed by atoms with E-state index in [-0.39, 0.29) is 5.84 Å². The molecule has 0 fully saturated rings. The van der Waals surface area contributed by atoms with Crippen molar-refractivity contribution in [2.45, 2.75) is 0 Å². The van der Waals surface area contributed by atoms with E-state index in [0.717, 1.165) is 100 Å². The summed E-state index contributed by atoms with van der Waals surface area (Å²) in [6.45, 7) is 0. The number of amidine groups is 2. The number of pyridine rings is 1. The first-order valence-electron chi connectivity index (χ1n) is 22.8. The van der Waals surface area contributed by atoms with Crippen LogP contribution in [0.25, 0.3) is 83.4 Å². The van der Waals surface area contributed by atoms with Gasteiger partial charge in [0.1, 0.15) is 5.84 Å². The second-order valence-corrected chi connectivity index (χ2v) is 16.8. The molecule has 0 aliphatic heterocycles. The summed E-state index contributed by atoms with van der Waals surface area (Å²) in [6.07, 6.45) is 0. The second-order valence-electron chi connectivity index (χ2n) is 16.8.